The van der Waals surface area contributed by atoms with Crippen molar-refractivity contribution >= 4 is 5.91 Å². The molecule has 7 heteroatoms. The smallest absolute Gasteiger partial charge is 0.253 e. The predicted molar refractivity (Wildman–Crippen MR) is 99.9 cm³/mol. The van der Waals surface area contributed by atoms with Crippen LogP contribution < -0.4 is 0 Å². The van der Waals surface area contributed by atoms with Crippen LogP contribution in [0.15, 0.2) is 35.4 Å². The van der Waals surface area contributed by atoms with Crippen molar-refractivity contribution in [2.24, 2.45) is 0 Å². The normalized spacial score (nSPS) is 21.9. The molecule has 2 aliphatic rings. The minimum atomic E-state index is -0.470. The van der Waals surface area contributed by atoms with Gasteiger partial charge in [-0.1, -0.05) is 0 Å². The van der Waals surface area contributed by atoms with Crippen molar-refractivity contribution in [3.05, 3.63) is 42.4 Å². The first-order valence-corrected chi connectivity index (χ1v) is 9.87. The third kappa shape index (κ3) is 3.41. The topological polar surface area (TPSA) is 63.7 Å². The van der Waals surface area contributed by atoms with Gasteiger partial charge in [0.2, 0.25) is 0 Å². The van der Waals surface area contributed by atoms with Crippen LogP contribution >= 0.6 is 0 Å². The molecule has 1 unspecified atom stereocenters. The second-order valence-electron chi connectivity index (χ2n) is 7.42. The fraction of sp³-hybridized carbons (Fsp3) is 0.600. The van der Waals surface area contributed by atoms with Gasteiger partial charge in [-0.15, -0.1) is 0 Å². The number of piperidine rings is 1. The van der Waals surface area contributed by atoms with E-state index in [0.29, 0.717) is 19.6 Å². The molecule has 1 amide bonds. The minimum Gasteiger partial charge on any atom is -0.472 e. The van der Waals surface area contributed by atoms with Crippen molar-refractivity contribution in [2.75, 3.05) is 26.2 Å². The van der Waals surface area contributed by atoms with Crippen LogP contribution in [0.4, 0.5) is 0 Å². The highest BCUT2D eigenvalue weighted by Gasteiger charge is 2.47. The standard InChI is InChI=1S/C20H28N4O3/c1-3-23(4-2)18(25)17-14-24-11-8-21-19(24)20(27-17)6-9-22(10-7-20)13-16-5-12-26-15-16/h5,8,11-12,15,17H,3-4,6-7,9-10,13-14H2,1-2H3. The maximum Gasteiger partial charge on any atom is 0.253 e. The number of ether oxygens (including phenoxy) is 1. The predicted octanol–water partition coefficient (Wildman–Crippen LogP) is 2.23. The maximum absolute atomic E-state index is 12.9. The number of imidazole rings is 1. The van der Waals surface area contributed by atoms with Crippen LogP contribution in [0.25, 0.3) is 0 Å². The summed E-state index contributed by atoms with van der Waals surface area (Å²) in [5, 5.41) is 0. The molecule has 1 atom stereocenters. The molecule has 0 radical (unpaired) electrons. The van der Waals surface area contributed by atoms with E-state index in [9.17, 15) is 4.79 Å². The van der Waals surface area contributed by atoms with Gasteiger partial charge in [-0.25, -0.2) is 4.98 Å². The van der Waals surface area contributed by atoms with E-state index in [1.54, 1.807) is 12.5 Å². The van der Waals surface area contributed by atoms with Crippen molar-refractivity contribution in [1.29, 1.82) is 0 Å². The molecule has 0 bridgehead atoms. The van der Waals surface area contributed by atoms with E-state index in [1.165, 1.54) is 5.56 Å². The van der Waals surface area contributed by atoms with Gasteiger partial charge in [-0.3, -0.25) is 9.69 Å². The lowest BCUT2D eigenvalue weighted by atomic mass is 9.88. The zero-order chi connectivity index (χ0) is 18.9. The Morgan fingerprint density at radius 3 is 2.78 bits per heavy atom. The molecule has 4 heterocycles. The van der Waals surface area contributed by atoms with Gasteiger partial charge in [0.1, 0.15) is 11.4 Å². The average molecular weight is 372 g/mol. The van der Waals surface area contributed by atoms with Gasteiger partial charge in [0.15, 0.2) is 6.10 Å². The van der Waals surface area contributed by atoms with E-state index in [0.717, 1.165) is 38.3 Å². The van der Waals surface area contributed by atoms with Gasteiger partial charge in [0.25, 0.3) is 5.91 Å². The Bertz CT molecular complexity index is 758. The monoisotopic (exact) mass is 372 g/mol. The number of nitrogens with zero attached hydrogens (tertiary/aromatic N) is 4. The van der Waals surface area contributed by atoms with Crippen LogP contribution in [0.5, 0.6) is 0 Å². The number of furan rings is 1. The fourth-order valence-corrected chi connectivity index (χ4v) is 4.32. The summed E-state index contributed by atoms with van der Waals surface area (Å²) >= 11 is 0. The molecule has 1 spiro atoms. The van der Waals surface area contributed by atoms with Crippen LogP contribution in [0.1, 0.15) is 38.1 Å². The largest absolute Gasteiger partial charge is 0.472 e. The number of rotatable bonds is 5. The molecule has 27 heavy (non-hydrogen) atoms. The molecule has 2 aromatic heterocycles. The Morgan fingerprint density at radius 1 is 1.33 bits per heavy atom. The summed E-state index contributed by atoms with van der Waals surface area (Å²) in [6, 6.07) is 2.01. The lowest BCUT2D eigenvalue weighted by Crippen LogP contribution is -2.54. The molecule has 1 saturated heterocycles. The highest BCUT2D eigenvalue weighted by Crippen LogP contribution is 2.40. The number of likely N-dealkylation sites (N-methyl/N-ethyl adjacent to an activating group) is 1. The SMILES string of the molecule is CCN(CC)C(=O)C1Cn2ccnc2C2(CCN(Cc3ccoc3)CC2)O1. The van der Waals surface area contributed by atoms with Gasteiger partial charge < -0.3 is 18.6 Å². The van der Waals surface area contributed by atoms with Crippen LogP contribution in [0.3, 0.4) is 0 Å². The molecule has 7 nitrogen and oxygen atoms in total. The average Bonchev–Trinajstić information content (AvgIpc) is 3.36. The van der Waals surface area contributed by atoms with Crippen molar-refractivity contribution < 1.29 is 13.9 Å². The second-order valence-corrected chi connectivity index (χ2v) is 7.42. The van der Waals surface area contributed by atoms with Crippen LogP contribution in [0.2, 0.25) is 0 Å². The summed E-state index contributed by atoms with van der Waals surface area (Å²) in [6.45, 7) is 8.67. The van der Waals surface area contributed by atoms with Crippen molar-refractivity contribution in [2.45, 2.75) is 51.5 Å². The molecule has 0 saturated carbocycles. The molecular formula is C20H28N4O3. The molecule has 146 valence electrons. The first-order chi connectivity index (χ1) is 13.1. The van der Waals surface area contributed by atoms with Gasteiger partial charge in [-0.05, 0) is 32.8 Å². The van der Waals surface area contributed by atoms with E-state index in [-0.39, 0.29) is 5.91 Å². The Labute approximate surface area is 159 Å². The molecule has 1 fully saturated rings. The van der Waals surface area contributed by atoms with E-state index in [4.69, 9.17) is 9.15 Å². The lowest BCUT2D eigenvalue weighted by molar-refractivity contribution is -0.181. The van der Waals surface area contributed by atoms with Crippen molar-refractivity contribution in [1.82, 2.24) is 19.4 Å². The summed E-state index contributed by atoms with van der Waals surface area (Å²) in [7, 11) is 0. The van der Waals surface area contributed by atoms with E-state index in [1.807, 2.05) is 37.2 Å². The molecule has 0 aromatic carbocycles. The number of carbonyl (C=O) groups excluding carboxylic acids is 1. The zero-order valence-corrected chi connectivity index (χ0v) is 16.1. The van der Waals surface area contributed by atoms with Crippen LogP contribution in [0, 0.1) is 0 Å². The summed E-state index contributed by atoms with van der Waals surface area (Å²) in [4.78, 5) is 21.8. The first kappa shape index (κ1) is 18.3. The number of likely N-dealkylation sites (tertiary alicyclic amines) is 1. The summed E-state index contributed by atoms with van der Waals surface area (Å²) in [6.07, 6.45) is 8.54. The molecular weight excluding hydrogens is 344 g/mol. The second kappa shape index (κ2) is 7.48. The lowest BCUT2D eigenvalue weighted by Gasteiger charge is -2.46. The van der Waals surface area contributed by atoms with Gasteiger partial charge in [0, 0.05) is 50.7 Å². The summed E-state index contributed by atoms with van der Waals surface area (Å²) in [5.41, 5.74) is 0.717. The van der Waals surface area contributed by atoms with Gasteiger partial charge >= 0.3 is 0 Å². The number of fused-ring (bicyclic) bond motifs is 2. The Balaban J connectivity index is 1.51. The zero-order valence-electron chi connectivity index (χ0n) is 16.1. The van der Waals surface area contributed by atoms with E-state index in [2.05, 4.69) is 14.5 Å². The van der Waals surface area contributed by atoms with E-state index >= 15 is 0 Å². The third-order valence-electron chi connectivity index (χ3n) is 5.85. The quantitative estimate of drug-likeness (QED) is 0.805. The highest BCUT2D eigenvalue weighted by atomic mass is 16.5. The number of amides is 1. The molecule has 2 aliphatic heterocycles. The maximum atomic E-state index is 12.9. The number of hydrogen-bond donors (Lipinski definition) is 0. The first-order valence-electron chi connectivity index (χ1n) is 9.87. The summed E-state index contributed by atoms with van der Waals surface area (Å²) in [5.74, 6) is 1.05. The highest BCUT2D eigenvalue weighted by molar-refractivity contribution is 5.81. The number of hydrogen-bond acceptors (Lipinski definition) is 5. The van der Waals surface area contributed by atoms with Gasteiger partial charge in [-0.2, -0.15) is 0 Å². The molecule has 4 rings (SSSR count). The fourth-order valence-electron chi connectivity index (χ4n) is 4.32. The number of aromatic nitrogens is 2. The Morgan fingerprint density at radius 2 is 2.11 bits per heavy atom. The Kier molecular flexibility index (Phi) is 5.06. The van der Waals surface area contributed by atoms with Crippen molar-refractivity contribution in [3.63, 3.8) is 0 Å². The van der Waals surface area contributed by atoms with Crippen molar-refractivity contribution in [3.8, 4) is 0 Å². The Hall–Kier alpha value is -2.12. The molecule has 0 N–H and O–H groups in total. The van der Waals surface area contributed by atoms with Gasteiger partial charge in [0.05, 0.1) is 19.1 Å². The molecule has 2 aromatic rings. The summed E-state index contributed by atoms with van der Waals surface area (Å²) < 4.78 is 13.8. The minimum absolute atomic E-state index is 0.0829. The van der Waals surface area contributed by atoms with Crippen LogP contribution in [-0.2, 0) is 28.2 Å². The van der Waals surface area contributed by atoms with Crippen LogP contribution in [-0.4, -0.2) is 57.5 Å². The molecule has 0 aliphatic carbocycles. The third-order valence-corrected chi connectivity index (χ3v) is 5.85. The van der Waals surface area contributed by atoms with E-state index < -0.39 is 11.7 Å². The number of carbonyl (C=O) groups is 1.